The van der Waals surface area contributed by atoms with Crippen molar-refractivity contribution in [3.05, 3.63) is 29.1 Å². The van der Waals surface area contributed by atoms with Crippen LogP contribution in [-0.2, 0) is 0 Å². The van der Waals surface area contributed by atoms with Gasteiger partial charge in [0.25, 0.3) is 6.43 Å². The van der Waals surface area contributed by atoms with E-state index in [4.69, 9.17) is 5.26 Å². The number of carbonyl (C=O) groups is 1. The van der Waals surface area contributed by atoms with Gasteiger partial charge in [-0.25, -0.2) is 8.78 Å². The van der Waals surface area contributed by atoms with E-state index in [-0.39, 0.29) is 11.1 Å². The number of aromatic nitrogens is 1. The summed E-state index contributed by atoms with van der Waals surface area (Å²) in [5.74, 6) is 0. The molecule has 0 fully saturated rings. The first kappa shape index (κ1) is 9.26. The molecule has 0 saturated heterocycles. The molecule has 1 aromatic heterocycles. The number of hydrogen-bond acceptors (Lipinski definition) is 3. The minimum atomic E-state index is -2.84. The minimum Gasteiger partial charge on any atom is -0.298 e. The highest BCUT2D eigenvalue weighted by molar-refractivity contribution is 5.79. The molecule has 0 aliphatic heterocycles. The maximum Gasteiger partial charge on any atom is 0.281 e. The van der Waals surface area contributed by atoms with Gasteiger partial charge in [0.1, 0.15) is 11.8 Å². The van der Waals surface area contributed by atoms with Gasteiger partial charge in [0.2, 0.25) is 0 Å². The maximum atomic E-state index is 12.2. The number of hydrogen-bond donors (Lipinski definition) is 0. The molecule has 0 radical (unpaired) electrons. The van der Waals surface area contributed by atoms with Crippen LogP contribution in [0.5, 0.6) is 0 Å². The second-order valence-electron chi connectivity index (χ2n) is 2.19. The van der Waals surface area contributed by atoms with E-state index in [0.29, 0.717) is 6.29 Å². The average molecular weight is 182 g/mol. The summed E-state index contributed by atoms with van der Waals surface area (Å²) in [6.45, 7) is 0. The van der Waals surface area contributed by atoms with Crippen molar-refractivity contribution in [2.45, 2.75) is 6.43 Å². The zero-order valence-corrected chi connectivity index (χ0v) is 6.37. The lowest BCUT2D eigenvalue weighted by molar-refractivity contribution is 0.112. The van der Waals surface area contributed by atoms with Crippen molar-refractivity contribution >= 4 is 6.29 Å². The quantitative estimate of drug-likeness (QED) is 0.654. The van der Waals surface area contributed by atoms with Crippen LogP contribution >= 0.6 is 0 Å². The molecule has 0 spiro atoms. The Balaban J connectivity index is 3.37. The fraction of sp³-hybridized carbons (Fsp3) is 0.125. The van der Waals surface area contributed by atoms with Gasteiger partial charge in [-0.2, -0.15) is 5.26 Å². The van der Waals surface area contributed by atoms with Gasteiger partial charge >= 0.3 is 0 Å². The molecule has 0 N–H and O–H groups in total. The standard InChI is InChI=1S/C8H4F2N2O/c9-8(10)7-6(3-11)5(4-13)1-2-12-7/h1-2,4,8H. The summed E-state index contributed by atoms with van der Waals surface area (Å²) in [7, 11) is 0. The van der Waals surface area contributed by atoms with Gasteiger partial charge in [0.15, 0.2) is 6.29 Å². The molecule has 1 aromatic rings. The highest BCUT2D eigenvalue weighted by Gasteiger charge is 2.16. The number of nitriles is 1. The number of nitrogens with zero attached hydrogens (tertiary/aromatic N) is 2. The van der Waals surface area contributed by atoms with Gasteiger partial charge in [-0.15, -0.1) is 0 Å². The predicted octanol–water partition coefficient (Wildman–Crippen LogP) is 1.70. The third kappa shape index (κ3) is 1.67. The van der Waals surface area contributed by atoms with E-state index in [1.54, 1.807) is 0 Å². The van der Waals surface area contributed by atoms with Gasteiger partial charge in [-0.3, -0.25) is 9.78 Å². The molecule has 1 rings (SSSR count). The fourth-order valence-corrected chi connectivity index (χ4v) is 0.879. The Hall–Kier alpha value is -1.83. The van der Waals surface area contributed by atoms with E-state index in [9.17, 15) is 13.6 Å². The summed E-state index contributed by atoms with van der Waals surface area (Å²) in [6, 6.07) is 2.74. The maximum absolute atomic E-state index is 12.2. The molecule has 0 bridgehead atoms. The van der Waals surface area contributed by atoms with Crippen LogP contribution in [0.25, 0.3) is 0 Å². The largest absolute Gasteiger partial charge is 0.298 e. The van der Waals surface area contributed by atoms with Crippen molar-refractivity contribution in [1.29, 1.82) is 5.26 Å². The van der Waals surface area contributed by atoms with Crippen molar-refractivity contribution in [1.82, 2.24) is 4.98 Å². The van der Waals surface area contributed by atoms with Crippen molar-refractivity contribution in [3.8, 4) is 6.07 Å². The zero-order valence-electron chi connectivity index (χ0n) is 6.37. The first-order valence-electron chi connectivity index (χ1n) is 3.33. The van der Waals surface area contributed by atoms with Crippen LogP contribution in [-0.4, -0.2) is 11.3 Å². The SMILES string of the molecule is N#Cc1c(C=O)ccnc1C(F)F. The van der Waals surface area contributed by atoms with Gasteiger partial charge in [-0.05, 0) is 6.07 Å². The first-order valence-corrected chi connectivity index (χ1v) is 3.33. The lowest BCUT2D eigenvalue weighted by Gasteiger charge is -2.01. The Morgan fingerprint density at radius 3 is 2.77 bits per heavy atom. The van der Waals surface area contributed by atoms with Gasteiger partial charge < -0.3 is 0 Å². The normalized spacial score (nSPS) is 9.69. The van der Waals surface area contributed by atoms with Crippen LogP contribution in [0.1, 0.15) is 28.0 Å². The molecule has 0 aromatic carbocycles. The van der Waals surface area contributed by atoms with Gasteiger partial charge in [0, 0.05) is 11.8 Å². The third-order valence-electron chi connectivity index (χ3n) is 1.46. The molecule has 0 unspecified atom stereocenters. The molecule has 66 valence electrons. The van der Waals surface area contributed by atoms with Crippen LogP contribution in [0.4, 0.5) is 8.78 Å². The number of alkyl halides is 2. The average Bonchev–Trinajstić information content (AvgIpc) is 2.16. The number of rotatable bonds is 2. The van der Waals surface area contributed by atoms with E-state index < -0.39 is 12.1 Å². The van der Waals surface area contributed by atoms with Gasteiger partial charge in [0.05, 0.1) is 5.56 Å². The molecule has 0 aliphatic carbocycles. The van der Waals surface area contributed by atoms with Gasteiger partial charge in [-0.1, -0.05) is 0 Å². The number of aldehydes is 1. The van der Waals surface area contributed by atoms with Crippen LogP contribution in [0.3, 0.4) is 0 Å². The number of pyridine rings is 1. The van der Waals surface area contributed by atoms with E-state index >= 15 is 0 Å². The molecular formula is C8H4F2N2O. The second-order valence-corrected chi connectivity index (χ2v) is 2.19. The zero-order chi connectivity index (χ0) is 9.84. The molecule has 3 nitrogen and oxygen atoms in total. The minimum absolute atomic E-state index is 0.0622. The molecular weight excluding hydrogens is 178 g/mol. The predicted molar refractivity (Wildman–Crippen MR) is 39.3 cm³/mol. The Morgan fingerprint density at radius 2 is 2.31 bits per heavy atom. The molecule has 0 atom stereocenters. The highest BCUT2D eigenvalue weighted by Crippen LogP contribution is 2.21. The molecule has 1 heterocycles. The lowest BCUT2D eigenvalue weighted by atomic mass is 10.1. The van der Waals surface area contributed by atoms with Crippen LogP contribution in [0.2, 0.25) is 0 Å². The summed E-state index contributed by atoms with van der Waals surface area (Å²) in [5.41, 5.74) is -1.06. The smallest absolute Gasteiger partial charge is 0.281 e. The van der Waals surface area contributed by atoms with Crippen molar-refractivity contribution < 1.29 is 13.6 Å². The van der Waals surface area contributed by atoms with Crippen LogP contribution in [0.15, 0.2) is 12.3 Å². The van der Waals surface area contributed by atoms with Crippen molar-refractivity contribution in [3.63, 3.8) is 0 Å². The Kier molecular flexibility index (Phi) is 2.65. The summed E-state index contributed by atoms with van der Waals surface area (Å²) in [4.78, 5) is 13.7. The fourth-order valence-electron chi connectivity index (χ4n) is 0.879. The highest BCUT2D eigenvalue weighted by atomic mass is 19.3. The first-order chi connectivity index (χ1) is 6.20. The van der Waals surface area contributed by atoms with Crippen molar-refractivity contribution in [2.24, 2.45) is 0 Å². The third-order valence-corrected chi connectivity index (χ3v) is 1.46. The number of halogens is 2. The summed E-state index contributed by atoms with van der Waals surface area (Å²) in [6.07, 6.45) is -1.41. The van der Waals surface area contributed by atoms with Crippen LogP contribution < -0.4 is 0 Å². The van der Waals surface area contributed by atoms with E-state index in [0.717, 1.165) is 6.20 Å². The lowest BCUT2D eigenvalue weighted by Crippen LogP contribution is -1.99. The Morgan fingerprint density at radius 1 is 1.62 bits per heavy atom. The van der Waals surface area contributed by atoms with E-state index in [1.165, 1.54) is 12.1 Å². The summed E-state index contributed by atoms with van der Waals surface area (Å²) in [5, 5.41) is 8.50. The Bertz CT molecular complexity index is 371. The van der Waals surface area contributed by atoms with Crippen molar-refractivity contribution in [2.75, 3.05) is 0 Å². The molecule has 5 heteroatoms. The monoisotopic (exact) mass is 182 g/mol. The topological polar surface area (TPSA) is 53.8 Å². The molecule has 0 saturated carbocycles. The van der Waals surface area contributed by atoms with Crippen LogP contribution in [0, 0.1) is 11.3 Å². The van der Waals surface area contributed by atoms with E-state index in [1.807, 2.05) is 0 Å². The molecule has 0 aliphatic rings. The molecule has 0 amide bonds. The Labute approximate surface area is 72.6 Å². The van der Waals surface area contributed by atoms with E-state index in [2.05, 4.69) is 4.98 Å². The second kappa shape index (κ2) is 3.72. The summed E-state index contributed by atoms with van der Waals surface area (Å²) < 4.78 is 24.4. The summed E-state index contributed by atoms with van der Waals surface area (Å²) >= 11 is 0. The number of carbonyl (C=O) groups excluding carboxylic acids is 1. The molecule has 13 heavy (non-hydrogen) atoms.